The monoisotopic (exact) mass is 318 g/mol. The van der Waals surface area contributed by atoms with E-state index in [2.05, 4.69) is 10.9 Å². The zero-order valence-electron chi connectivity index (χ0n) is 12.1. The number of carbonyl (C=O) groups excluding carboxylic acids is 2. The number of aryl methyl sites for hydroxylation is 2. The van der Waals surface area contributed by atoms with E-state index in [0.29, 0.717) is 27.7 Å². The summed E-state index contributed by atoms with van der Waals surface area (Å²) in [6.45, 7) is 3.43. The van der Waals surface area contributed by atoms with Crippen LogP contribution in [0.3, 0.4) is 0 Å². The van der Waals surface area contributed by atoms with Gasteiger partial charge in [0.1, 0.15) is 11.5 Å². The van der Waals surface area contributed by atoms with Crippen molar-refractivity contribution in [2.75, 3.05) is 0 Å². The molecule has 0 saturated carbocycles. The van der Waals surface area contributed by atoms with Crippen molar-refractivity contribution >= 4 is 29.5 Å². The minimum atomic E-state index is -0.467. The molecular weight excluding hydrogens is 304 g/mol. The average Bonchev–Trinajstić information content (AvgIpc) is 2.82. The molecule has 2 N–H and O–H groups in total. The molecule has 0 radical (unpaired) electrons. The number of hydrogen-bond donors (Lipinski definition) is 2. The fourth-order valence-corrected chi connectivity index (χ4v) is 2.06. The van der Waals surface area contributed by atoms with Crippen LogP contribution in [0.25, 0.3) is 6.08 Å². The van der Waals surface area contributed by atoms with E-state index >= 15 is 0 Å². The first kappa shape index (κ1) is 15.9. The molecule has 1 aromatic heterocycles. The number of carbonyl (C=O) groups is 2. The Bertz CT molecular complexity index is 735. The fraction of sp³-hybridized carbons (Fsp3) is 0.125. The Labute approximate surface area is 132 Å². The molecule has 0 atom stereocenters. The summed E-state index contributed by atoms with van der Waals surface area (Å²) in [5, 5.41) is 0.542. The van der Waals surface area contributed by atoms with E-state index in [0.717, 1.165) is 0 Å². The van der Waals surface area contributed by atoms with Gasteiger partial charge in [-0.25, -0.2) is 0 Å². The summed E-state index contributed by atoms with van der Waals surface area (Å²) in [6.07, 6.45) is 2.85. The van der Waals surface area contributed by atoms with Crippen LogP contribution in [-0.2, 0) is 4.79 Å². The second kappa shape index (κ2) is 6.95. The molecule has 0 fully saturated rings. The van der Waals surface area contributed by atoms with Crippen LogP contribution >= 0.6 is 11.6 Å². The highest BCUT2D eigenvalue weighted by molar-refractivity contribution is 6.32. The Morgan fingerprint density at radius 1 is 1.18 bits per heavy atom. The third kappa shape index (κ3) is 3.99. The molecule has 1 heterocycles. The van der Waals surface area contributed by atoms with Gasteiger partial charge in [-0.15, -0.1) is 0 Å². The molecule has 0 spiro atoms. The third-order valence-corrected chi connectivity index (χ3v) is 3.25. The summed E-state index contributed by atoms with van der Waals surface area (Å²) < 4.78 is 5.26. The number of hydrogen-bond acceptors (Lipinski definition) is 3. The van der Waals surface area contributed by atoms with Gasteiger partial charge in [-0.2, -0.15) is 0 Å². The lowest BCUT2D eigenvalue weighted by molar-refractivity contribution is -0.117. The SMILES string of the molecule is Cc1cc(C(=O)NNC(=O)C=Cc2ccccc2Cl)c(C)o1. The molecule has 0 aliphatic rings. The van der Waals surface area contributed by atoms with E-state index < -0.39 is 11.8 Å². The first-order chi connectivity index (χ1) is 10.5. The molecule has 1 aromatic carbocycles. The van der Waals surface area contributed by atoms with Gasteiger partial charge in [0, 0.05) is 11.1 Å². The number of furan rings is 1. The summed E-state index contributed by atoms with van der Waals surface area (Å²) in [5.41, 5.74) is 5.72. The minimum Gasteiger partial charge on any atom is -0.466 e. The fourth-order valence-electron chi connectivity index (χ4n) is 1.86. The lowest BCUT2D eigenvalue weighted by atomic mass is 10.2. The quantitative estimate of drug-likeness (QED) is 0.675. The summed E-state index contributed by atoms with van der Waals surface area (Å²) >= 11 is 5.97. The second-order valence-corrected chi connectivity index (χ2v) is 5.03. The first-order valence-corrected chi connectivity index (χ1v) is 6.95. The van der Waals surface area contributed by atoms with E-state index in [4.69, 9.17) is 16.0 Å². The van der Waals surface area contributed by atoms with Gasteiger partial charge in [-0.05, 0) is 37.6 Å². The lowest BCUT2D eigenvalue weighted by Crippen LogP contribution is -2.40. The summed E-state index contributed by atoms with van der Waals surface area (Å²) in [7, 11) is 0. The molecule has 2 amide bonds. The smallest absolute Gasteiger partial charge is 0.273 e. The summed E-state index contributed by atoms with van der Waals surface area (Å²) in [5.74, 6) is 0.225. The van der Waals surface area contributed by atoms with E-state index in [1.165, 1.54) is 6.08 Å². The molecule has 6 heteroatoms. The van der Waals surface area contributed by atoms with E-state index in [1.54, 1.807) is 44.2 Å². The topological polar surface area (TPSA) is 71.3 Å². The van der Waals surface area contributed by atoms with Crippen LogP contribution in [0.1, 0.15) is 27.4 Å². The highest BCUT2D eigenvalue weighted by Gasteiger charge is 2.13. The van der Waals surface area contributed by atoms with Gasteiger partial charge in [0.2, 0.25) is 0 Å². The Morgan fingerprint density at radius 2 is 1.91 bits per heavy atom. The van der Waals surface area contributed by atoms with E-state index in [9.17, 15) is 9.59 Å². The van der Waals surface area contributed by atoms with Gasteiger partial charge in [0.25, 0.3) is 11.8 Å². The van der Waals surface area contributed by atoms with Gasteiger partial charge in [0.05, 0.1) is 5.56 Å². The van der Waals surface area contributed by atoms with Crippen molar-refractivity contribution in [1.29, 1.82) is 0 Å². The van der Waals surface area contributed by atoms with Gasteiger partial charge in [-0.3, -0.25) is 20.4 Å². The molecule has 5 nitrogen and oxygen atoms in total. The van der Waals surface area contributed by atoms with Gasteiger partial charge in [0.15, 0.2) is 0 Å². The molecule has 2 rings (SSSR count). The van der Waals surface area contributed by atoms with Crippen LogP contribution in [0.15, 0.2) is 40.8 Å². The number of nitrogens with one attached hydrogen (secondary N) is 2. The number of halogens is 1. The molecule has 22 heavy (non-hydrogen) atoms. The Kier molecular flexibility index (Phi) is 5.01. The molecule has 0 unspecified atom stereocenters. The average molecular weight is 319 g/mol. The number of benzene rings is 1. The van der Waals surface area contributed by atoms with Crippen molar-refractivity contribution in [2.45, 2.75) is 13.8 Å². The maximum absolute atomic E-state index is 11.9. The zero-order valence-corrected chi connectivity index (χ0v) is 12.9. The first-order valence-electron chi connectivity index (χ1n) is 6.57. The van der Waals surface area contributed by atoms with Crippen LogP contribution < -0.4 is 10.9 Å². The number of amides is 2. The van der Waals surface area contributed by atoms with Gasteiger partial charge in [-0.1, -0.05) is 29.8 Å². The molecule has 2 aromatic rings. The Hall–Kier alpha value is -2.53. The molecule has 0 aliphatic carbocycles. The highest BCUT2D eigenvalue weighted by atomic mass is 35.5. The summed E-state index contributed by atoms with van der Waals surface area (Å²) in [4.78, 5) is 23.6. The molecular formula is C16H15ClN2O3. The van der Waals surface area contributed by atoms with Crippen molar-refractivity contribution in [3.8, 4) is 0 Å². The van der Waals surface area contributed by atoms with E-state index in [-0.39, 0.29) is 0 Å². The predicted octanol–water partition coefficient (Wildman–Crippen LogP) is 3.02. The molecule has 0 aliphatic heterocycles. The van der Waals surface area contributed by atoms with Crippen LogP contribution in [0.2, 0.25) is 5.02 Å². The largest absolute Gasteiger partial charge is 0.466 e. The van der Waals surface area contributed by atoms with Crippen LogP contribution in [-0.4, -0.2) is 11.8 Å². The summed E-state index contributed by atoms with van der Waals surface area (Å²) in [6, 6.07) is 8.73. The van der Waals surface area contributed by atoms with Gasteiger partial charge < -0.3 is 4.42 Å². The lowest BCUT2D eigenvalue weighted by Gasteiger charge is -2.04. The Morgan fingerprint density at radius 3 is 2.55 bits per heavy atom. The van der Waals surface area contributed by atoms with Crippen LogP contribution in [0.4, 0.5) is 0 Å². The highest BCUT2D eigenvalue weighted by Crippen LogP contribution is 2.16. The molecule has 114 valence electrons. The Balaban J connectivity index is 1.92. The van der Waals surface area contributed by atoms with Crippen molar-refractivity contribution < 1.29 is 14.0 Å². The van der Waals surface area contributed by atoms with E-state index in [1.807, 2.05) is 6.07 Å². The van der Waals surface area contributed by atoms with Crippen molar-refractivity contribution in [3.63, 3.8) is 0 Å². The predicted molar refractivity (Wildman–Crippen MR) is 84.3 cm³/mol. The van der Waals surface area contributed by atoms with Crippen molar-refractivity contribution in [1.82, 2.24) is 10.9 Å². The normalized spacial score (nSPS) is 10.7. The standard InChI is InChI=1S/C16H15ClN2O3/c1-10-9-13(11(2)22-10)16(21)19-18-15(20)8-7-12-5-3-4-6-14(12)17/h3-9H,1-2H3,(H,18,20)(H,19,21). The van der Waals surface area contributed by atoms with Crippen LogP contribution in [0, 0.1) is 13.8 Å². The van der Waals surface area contributed by atoms with Crippen LogP contribution in [0.5, 0.6) is 0 Å². The zero-order chi connectivity index (χ0) is 16.1. The van der Waals surface area contributed by atoms with Crippen molar-refractivity contribution in [2.24, 2.45) is 0 Å². The maximum Gasteiger partial charge on any atom is 0.273 e. The number of rotatable bonds is 3. The van der Waals surface area contributed by atoms with Crippen molar-refractivity contribution in [3.05, 3.63) is 64.1 Å². The van der Waals surface area contributed by atoms with Gasteiger partial charge >= 0.3 is 0 Å². The molecule has 0 bridgehead atoms. The maximum atomic E-state index is 11.9. The third-order valence-electron chi connectivity index (χ3n) is 2.90. The molecule has 0 saturated heterocycles. The number of hydrazine groups is 1. The second-order valence-electron chi connectivity index (χ2n) is 4.63. The minimum absolute atomic E-state index is 0.382.